The Kier molecular flexibility index (Phi) is 5.36. The number of hydrogen-bond acceptors (Lipinski definition) is 4. The van der Waals surface area contributed by atoms with E-state index >= 15 is 0 Å². The minimum atomic E-state index is -1.23. The van der Waals surface area contributed by atoms with Crippen LogP contribution in [0.5, 0.6) is 0 Å². The molecule has 2 rings (SSSR count). The molecule has 0 aromatic heterocycles. The van der Waals surface area contributed by atoms with Crippen LogP contribution in [0.15, 0.2) is 24.3 Å². The van der Waals surface area contributed by atoms with Gasteiger partial charge in [-0.05, 0) is 47.6 Å². The monoisotopic (exact) mass is 388 g/mol. The fraction of sp³-hybridized carbons (Fsp3) is 0.429. The van der Waals surface area contributed by atoms with Crippen LogP contribution in [0.4, 0.5) is 5.69 Å². The van der Waals surface area contributed by atoms with Gasteiger partial charge in [-0.15, -0.1) is 0 Å². The number of halogens is 1. The van der Waals surface area contributed by atoms with Gasteiger partial charge in [-0.3, -0.25) is 4.79 Å². The van der Waals surface area contributed by atoms with Crippen LogP contribution < -0.4 is 10.4 Å². The molecule has 1 aliphatic rings. The van der Waals surface area contributed by atoms with Gasteiger partial charge in [-0.2, -0.15) is 0 Å². The average molecular weight is 388 g/mol. The topological polar surface area (TPSA) is 78.5 Å². The van der Waals surface area contributed by atoms with Crippen molar-refractivity contribution in [3.63, 3.8) is 0 Å². The van der Waals surface area contributed by atoms with E-state index in [1.54, 1.807) is 6.07 Å². The first kappa shape index (κ1) is 15.2. The number of anilines is 1. The number of carboxylic acid groups (broad SMARTS) is 1. The second-order valence-corrected chi connectivity index (χ2v) is 5.87. The molecule has 1 fully saturated rings. The van der Waals surface area contributed by atoms with Crippen molar-refractivity contribution in [3.05, 3.63) is 27.8 Å². The zero-order chi connectivity index (χ0) is 14.5. The number of carbonyl (C=O) groups excluding carboxylic acids is 2. The SMILES string of the molecule is O=C([O-])C[C@H](C(=O)Nc1ccccc1I)[C@H]1CCCO1. The zero-order valence-electron chi connectivity index (χ0n) is 10.8. The summed E-state index contributed by atoms with van der Waals surface area (Å²) >= 11 is 2.12. The second kappa shape index (κ2) is 7.03. The van der Waals surface area contributed by atoms with Crippen LogP contribution in [-0.4, -0.2) is 24.6 Å². The van der Waals surface area contributed by atoms with Crippen molar-refractivity contribution in [1.29, 1.82) is 0 Å². The van der Waals surface area contributed by atoms with Crippen LogP contribution in [0.2, 0.25) is 0 Å². The number of aliphatic carboxylic acids is 1. The van der Waals surface area contributed by atoms with Crippen LogP contribution in [0.1, 0.15) is 19.3 Å². The Morgan fingerprint density at radius 2 is 2.20 bits per heavy atom. The summed E-state index contributed by atoms with van der Waals surface area (Å²) in [4.78, 5) is 23.1. The Morgan fingerprint density at radius 1 is 1.45 bits per heavy atom. The maximum atomic E-state index is 12.3. The highest BCUT2D eigenvalue weighted by Gasteiger charge is 2.32. The Bertz CT molecular complexity index is 500. The lowest BCUT2D eigenvalue weighted by Crippen LogP contribution is -2.38. The van der Waals surface area contributed by atoms with Crippen LogP contribution >= 0.6 is 22.6 Å². The number of carboxylic acids is 1. The van der Waals surface area contributed by atoms with Crippen LogP contribution in [-0.2, 0) is 14.3 Å². The average Bonchev–Trinajstić information content (AvgIpc) is 2.92. The van der Waals surface area contributed by atoms with E-state index in [2.05, 4.69) is 27.9 Å². The van der Waals surface area contributed by atoms with Crippen molar-refractivity contribution in [2.45, 2.75) is 25.4 Å². The molecule has 1 saturated heterocycles. The first-order valence-electron chi connectivity index (χ1n) is 6.45. The van der Waals surface area contributed by atoms with E-state index in [1.165, 1.54) is 0 Å². The molecule has 1 aliphatic heterocycles. The molecular weight excluding hydrogens is 373 g/mol. The van der Waals surface area contributed by atoms with E-state index < -0.39 is 11.9 Å². The van der Waals surface area contributed by atoms with E-state index in [0.29, 0.717) is 18.7 Å². The number of ether oxygens (including phenoxy) is 1. The van der Waals surface area contributed by atoms with Crippen molar-refractivity contribution in [2.24, 2.45) is 5.92 Å². The van der Waals surface area contributed by atoms with Gasteiger partial charge < -0.3 is 20.0 Å². The summed E-state index contributed by atoms with van der Waals surface area (Å²) in [7, 11) is 0. The zero-order valence-corrected chi connectivity index (χ0v) is 13.0. The van der Waals surface area contributed by atoms with Crippen molar-refractivity contribution in [2.75, 3.05) is 11.9 Å². The summed E-state index contributed by atoms with van der Waals surface area (Å²) in [5.41, 5.74) is 0.680. The number of amides is 1. The smallest absolute Gasteiger partial charge is 0.230 e. The Hall–Kier alpha value is -1.15. The molecule has 0 aliphatic carbocycles. The molecule has 2 atom stereocenters. The predicted octanol–water partition coefficient (Wildman–Crippen LogP) is 1.16. The second-order valence-electron chi connectivity index (χ2n) is 4.70. The maximum absolute atomic E-state index is 12.3. The minimum Gasteiger partial charge on any atom is -0.550 e. The predicted molar refractivity (Wildman–Crippen MR) is 79.9 cm³/mol. The summed E-state index contributed by atoms with van der Waals surface area (Å²) < 4.78 is 6.35. The van der Waals surface area contributed by atoms with Gasteiger partial charge in [0.05, 0.1) is 17.7 Å². The minimum absolute atomic E-state index is 0.320. The van der Waals surface area contributed by atoms with Gasteiger partial charge in [0.2, 0.25) is 5.91 Å². The Morgan fingerprint density at radius 3 is 2.80 bits per heavy atom. The highest BCUT2D eigenvalue weighted by Crippen LogP contribution is 2.25. The molecular formula is C14H15INO4-. The third kappa shape index (κ3) is 3.92. The number of nitrogens with one attached hydrogen (secondary N) is 1. The molecule has 6 heteroatoms. The number of hydrogen-bond donors (Lipinski definition) is 1. The summed E-state index contributed by atoms with van der Waals surface area (Å²) in [5, 5.41) is 13.6. The first-order valence-corrected chi connectivity index (χ1v) is 7.52. The third-order valence-electron chi connectivity index (χ3n) is 3.27. The molecule has 1 N–H and O–H groups in total. The molecule has 108 valence electrons. The Balaban J connectivity index is 2.09. The van der Waals surface area contributed by atoms with E-state index in [4.69, 9.17) is 4.74 Å². The summed E-state index contributed by atoms with van der Waals surface area (Å²) in [5.74, 6) is -2.27. The number of carbonyl (C=O) groups is 2. The largest absolute Gasteiger partial charge is 0.550 e. The molecule has 1 heterocycles. The first-order chi connectivity index (χ1) is 9.58. The fourth-order valence-electron chi connectivity index (χ4n) is 2.28. The van der Waals surface area contributed by atoms with Crippen LogP contribution in [0, 0.1) is 9.49 Å². The Labute approximate surface area is 130 Å². The molecule has 0 bridgehead atoms. The molecule has 5 nitrogen and oxygen atoms in total. The molecule has 1 aromatic carbocycles. The van der Waals surface area contributed by atoms with Crippen molar-refractivity contribution in [3.8, 4) is 0 Å². The van der Waals surface area contributed by atoms with Crippen molar-refractivity contribution in [1.82, 2.24) is 0 Å². The van der Waals surface area contributed by atoms with Gasteiger partial charge in [0.1, 0.15) is 0 Å². The fourth-order valence-corrected chi connectivity index (χ4v) is 2.80. The van der Waals surface area contributed by atoms with E-state index in [1.807, 2.05) is 18.2 Å². The van der Waals surface area contributed by atoms with Crippen molar-refractivity contribution >= 4 is 40.2 Å². The summed E-state index contributed by atoms with van der Waals surface area (Å²) in [6.45, 7) is 0.574. The molecule has 1 amide bonds. The lowest BCUT2D eigenvalue weighted by atomic mass is 9.95. The van der Waals surface area contributed by atoms with Gasteiger partial charge in [0, 0.05) is 22.6 Å². The highest BCUT2D eigenvalue weighted by atomic mass is 127. The number of rotatable bonds is 5. The maximum Gasteiger partial charge on any atom is 0.230 e. The van der Waals surface area contributed by atoms with Crippen LogP contribution in [0.25, 0.3) is 0 Å². The lowest BCUT2D eigenvalue weighted by Gasteiger charge is -2.23. The van der Waals surface area contributed by atoms with Crippen molar-refractivity contribution < 1.29 is 19.4 Å². The highest BCUT2D eigenvalue weighted by molar-refractivity contribution is 14.1. The van der Waals surface area contributed by atoms with E-state index in [0.717, 1.165) is 9.99 Å². The molecule has 0 spiro atoms. The van der Waals surface area contributed by atoms with E-state index in [-0.39, 0.29) is 18.4 Å². The van der Waals surface area contributed by atoms with Gasteiger partial charge in [-0.25, -0.2) is 0 Å². The summed E-state index contributed by atoms with van der Waals surface area (Å²) in [6.07, 6.45) is 0.899. The molecule has 20 heavy (non-hydrogen) atoms. The molecule has 0 saturated carbocycles. The van der Waals surface area contributed by atoms with Gasteiger partial charge in [-0.1, -0.05) is 12.1 Å². The molecule has 0 unspecified atom stereocenters. The molecule has 1 aromatic rings. The van der Waals surface area contributed by atoms with Gasteiger partial charge in [0.15, 0.2) is 0 Å². The molecule has 0 radical (unpaired) electrons. The van der Waals surface area contributed by atoms with Crippen LogP contribution in [0.3, 0.4) is 0 Å². The van der Waals surface area contributed by atoms with Gasteiger partial charge in [0.25, 0.3) is 0 Å². The quantitative estimate of drug-likeness (QED) is 0.769. The summed E-state index contributed by atoms with van der Waals surface area (Å²) in [6, 6.07) is 7.34. The van der Waals surface area contributed by atoms with Gasteiger partial charge >= 0.3 is 0 Å². The third-order valence-corrected chi connectivity index (χ3v) is 4.21. The standard InChI is InChI=1S/C14H16INO4/c15-10-4-1-2-5-11(10)16-14(19)9(8-13(17)18)12-6-3-7-20-12/h1-2,4-5,9,12H,3,6-8H2,(H,16,19)(H,17,18)/p-1/t9-,12+/m0/s1. The lowest BCUT2D eigenvalue weighted by molar-refractivity contribution is -0.307. The number of benzene rings is 1. The normalized spacial score (nSPS) is 19.6. The number of para-hydroxylation sites is 1. The van der Waals surface area contributed by atoms with E-state index in [9.17, 15) is 14.7 Å².